The lowest BCUT2D eigenvalue weighted by atomic mass is 9.94. The fourth-order valence-corrected chi connectivity index (χ4v) is 5.11. The van der Waals surface area contributed by atoms with Crippen molar-refractivity contribution in [2.75, 3.05) is 20.1 Å². The van der Waals surface area contributed by atoms with E-state index in [1.165, 1.54) is 11.3 Å². The molecule has 2 heterocycles. The van der Waals surface area contributed by atoms with Gasteiger partial charge in [0.05, 0.1) is 10.9 Å². The largest absolute Gasteiger partial charge is 0.340 e. The fraction of sp³-hybridized carbons (Fsp3) is 0.304. The third-order valence-corrected chi connectivity index (χ3v) is 6.77. The minimum Gasteiger partial charge on any atom is -0.340 e. The molecule has 6 heteroatoms. The number of thiophene rings is 1. The molecule has 4 nitrogen and oxygen atoms in total. The highest BCUT2D eigenvalue weighted by molar-refractivity contribution is 7.16. The molecule has 1 saturated heterocycles. The predicted molar refractivity (Wildman–Crippen MR) is 118 cm³/mol. The summed E-state index contributed by atoms with van der Waals surface area (Å²) in [5.41, 5.74) is 0.736. The first kappa shape index (κ1) is 19.9. The maximum absolute atomic E-state index is 13.1. The second-order valence-electron chi connectivity index (χ2n) is 7.49. The Morgan fingerprint density at radius 1 is 1.07 bits per heavy atom. The molecule has 3 aromatic rings. The van der Waals surface area contributed by atoms with Crippen LogP contribution < -0.4 is 0 Å². The average Bonchev–Trinajstić information content (AvgIpc) is 3.16. The molecule has 0 radical (unpaired) electrons. The minimum atomic E-state index is -0.0352. The van der Waals surface area contributed by atoms with Crippen LogP contribution >= 0.6 is 22.9 Å². The van der Waals surface area contributed by atoms with Crippen molar-refractivity contribution >= 4 is 45.5 Å². The SMILES string of the molecule is CN(Cc1ccc(Cl)s1)C(=O)C1CCN(C(=O)c2cccc3ccccc23)CC1. The predicted octanol–water partition coefficient (Wildman–Crippen LogP) is 5.07. The molecule has 4 rings (SSSR count). The molecule has 0 atom stereocenters. The van der Waals surface area contributed by atoms with Gasteiger partial charge >= 0.3 is 0 Å². The van der Waals surface area contributed by atoms with Crippen LogP contribution in [0.3, 0.4) is 0 Å². The molecule has 0 unspecified atom stereocenters. The number of carbonyl (C=O) groups is 2. The molecule has 1 aliphatic heterocycles. The summed E-state index contributed by atoms with van der Waals surface area (Å²) >= 11 is 7.48. The third-order valence-electron chi connectivity index (χ3n) is 5.55. The lowest BCUT2D eigenvalue weighted by molar-refractivity contribution is -0.136. The number of rotatable bonds is 4. The van der Waals surface area contributed by atoms with Gasteiger partial charge in [0.2, 0.25) is 5.91 Å². The van der Waals surface area contributed by atoms with Crippen molar-refractivity contribution in [3.8, 4) is 0 Å². The Labute approximate surface area is 179 Å². The highest BCUT2D eigenvalue weighted by Crippen LogP contribution is 2.26. The van der Waals surface area contributed by atoms with Crippen LogP contribution in [-0.2, 0) is 11.3 Å². The number of hydrogen-bond acceptors (Lipinski definition) is 3. The van der Waals surface area contributed by atoms with Crippen LogP contribution in [0, 0.1) is 5.92 Å². The average molecular weight is 427 g/mol. The van der Waals surface area contributed by atoms with E-state index in [0.29, 0.717) is 32.5 Å². The standard InChI is InChI=1S/C23H23ClN2O2S/c1-25(15-18-9-10-21(24)29-18)22(27)17-11-13-26(14-12-17)23(28)20-8-4-6-16-5-2-3-7-19(16)20/h2-10,17H,11-15H2,1H3. The topological polar surface area (TPSA) is 40.6 Å². The van der Waals surface area contributed by atoms with Gasteiger partial charge in [-0.25, -0.2) is 0 Å². The van der Waals surface area contributed by atoms with Gasteiger partial charge in [-0.05, 0) is 41.8 Å². The number of benzene rings is 2. The van der Waals surface area contributed by atoms with Crippen LogP contribution in [-0.4, -0.2) is 41.8 Å². The number of amides is 2. The molecular weight excluding hydrogens is 404 g/mol. The zero-order valence-corrected chi connectivity index (χ0v) is 17.9. The van der Waals surface area contributed by atoms with Crippen LogP contribution in [0.25, 0.3) is 10.8 Å². The van der Waals surface area contributed by atoms with Gasteiger partial charge in [0.1, 0.15) is 0 Å². The van der Waals surface area contributed by atoms with Gasteiger partial charge < -0.3 is 9.80 Å². The van der Waals surface area contributed by atoms with Crippen molar-refractivity contribution in [2.45, 2.75) is 19.4 Å². The van der Waals surface area contributed by atoms with Gasteiger partial charge in [-0.15, -0.1) is 11.3 Å². The smallest absolute Gasteiger partial charge is 0.254 e. The van der Waals surface area contributed by atoms with E-state index in [9.17, 15) is 9.59 Å². The first-order valence-electron chi connectivity index (χ1n) is 9.79. The molecule has 2 aromatic carbocycles. The summed E-state index contributed by atoms with van der Waals surface area (Å²) < 4.78 is 0.737. The zero-order valence-electron chi connectivity index (χ0n) is 16.3. The number of nitrogens with zero attached hydrogens (tertiary/aromatic N) is 2. The maximum Gasteiger partial charge on any atom is 0.254 e. The van der Waals surface area contributed by atoms with Gasteiger partial charge in [-0.3, -0.25) is 9.59 Å². The summed E-state index contributed by atoms with van der Waals surface area (Å²) in [6, 6.07) is 17.6. The van der Waals surface area contributed by atoms with Crippen molar-refractivity contribution in [3.63, 3.8) is 0 Å². The van der Waals surface area contributed by atoms with Crippen LogP contribution in [0.2, 0.25) is 4.34 Å². The van der Waals surface area contributed by atoms with Crippen LogP contribution in [0.4, 0.5) is 0 Å². The third kappa shape index (κ3) is 4.31. The Morgan fingerprint density at radius 3 is 2.52 bits per heavy atom. The monoisotopic (exact) mass is 426 g/mol. The fourth-order valence-electron chi connectivity index (χ4n) is 3.97. The van der Waals surface area contributed by atoms with Gasteiger partial charge in [0.15, 0.2) is 0 Å². The molecule has 1 aromatic heterocycles. The summed E-state index contributed by atoms with van der Waals surface area (Å²) in [4.78, 5) is 30.6. The summed E-state index contributed by atoms with van der Waals surface area (Å²) in [5, 5.41) is 2.05. The Hall–Kier alpha value is -2.37. The molecule has 1 fully saturated rings. The second kappa shape index (κ2) is 8.56. The van der Waals surface area contributed by atoms with Crippen molar-refractivity contribution in [2.24, 2.45) is 5.92 Å². The molecule has 0 bridgehead atoms. The molecule has 150 valence electrons. The molecule has 0 N–H and O–H groups in total. The van der Waals surface area contributed by atoms with Gasteiger partial charge in [-0.2, -0.15) is 0 Å². The lowest BCUT2D eigenvalue weighted by Gasteiger charge is -2.33. The number of carbonyl (C=O) groups excluding carboxylic acids is 2. The Bertz CT molecular complexity index is 1030. The van der Waals surface area contributed by atoms with E-state index in [-0.39, 0.29) is 17.7 Å². The number of halogens is 1. The van der Waals surface area contributed by atoms with Crippen molar-refractivity contribution in [1.29, 1.82) is 0 Å². The molecule has 0 saturated carbocycles. The molecule has 29 heavy (non-hydrogen) atoms. The van der Waals surface area contributed by atoms with Crippen LogP contribution in [0.1, 0.15) is 28.1 Å². The van der Waals surface area contributed by atoms with E-state index in [1.807, 2.05) is 66.5 Å². The number of piperidine rings is 1. The highest BCUT2D eigenvalue weighted by Gasteiger charge is 2.30. The minimum absolute atomic E-state index is 0.0352. The van der Waals surface area contributed by atoms with Crippen LogP contribution in [0.5, 0.6) is 0 Å². The molecule has 0 spiro atoms. The number of likely N-dealkylation sites (tertiary alicyclic amines) is 1. The number of fused-ring (bicyclic) bond motifs is 1. The van der Waals surface area contributed by atoms with Gasteiger partial charge in [0, 0.05) is 36.5 Å². The van der Waals surface area contributed by atoms with E-state index in [1.54, 1.807) is 4.90 Å². The molecule has 1 aliphatic rings. The Balaban J connectivity index is 1.38. The summed E-state index contributed by atoms with van der Waals surface area (Å²) in [7, 11) is 1.84. The van der Waals surface area contributed by atoms with E-state index in [2.05, 4.69) is 0 Å². The molecular formula is C23H23ClN2O2S. The van der Waals surface area contributed by atoms with Crippen molar-refractivity contribution < 1.29 is 9.59 Å². The quantitative estimate of drug-likeness (QED) is 0.584. The first-order valence-corrected chi connectivity index (χ1v) is 11.0. The van der Waals surface area contributed by atoms with Gasteiger partial charge in [-0.1, -0.05) is 48.0 Å². The Kier molecular flexibility index (Phi) is 5.88. The molecule has 2 amide bonds. The maximum atomic E-state index is 13.1. The van der Waals surface area contributed by atoms with Crippen LogP contribution in [0.15, 0.2) is 54.6 Å². The van der Waals surface area contributed by atoms with E-state index < -0.39 is 0 Å². The Morgan fingerprint density at radius 2 is 1.79 bits per heavy atom. The normalized spacial score (nSPS) is 14.9. The second-order valence-corrected chi connectivity index (χ2v) is 9.29. The summed E-state index contributed by atoms with van der Waals surface area (Å²) in [6.45, 7) is 1.79. The highest BCUT2D eigenvalue weighted by atomic mass is 35.5. The summed E-state index contributed by atoms with van der Waals surface area (Å²) in [5.74, 6) is 0.160. The summed E-state index contributed by atoms with van der Waals surface area (Å²) in [6.07, 6.45) is 1.40. The first-order chi connectivity index (χ1) is 14.0. The lowest BCUT2D eigenvalue weighted by Crippen LogP contribution is -2.43. The number of hydrogen-bond donors (Lipinski definition) is 0. The molecule has 0 aliphatic carbocycles. The van der Waals surface area contributed by atoms with Crippen molar-refractivity contribution in [3.05, 3.63) is 69.4 Å². The van der Waals surface area contributed by atoms with E-state index in [4.69, 9.17) is 11.6 Å². The van der Waals surface area contributed by atoms with E-state index >= 15 is 0 Å². The van der Waals surface area contributed by atoms with Gasteiger partial charge in [0.25, 0.3) is 5.91 Å². The van der Waals surface area contributed by atoms with Crippen molar-refractivity contribution in [1.82, 2.24) is 9.80 Å². The zero-order chi connectivity index (χ0) is 20.4. The van der Waals surface area contributed by atoms with E-state index in [0.717, 1.165) is 25.5 Å².